The highest BCUT2D eigenvalue weighted by Crippen LogP contribution is 2.38. The summed E-state index contributed by atoms with van der Waals surface area (Å²) < 4.78 is 44.4. The van der Waals surface area contributed by atoms with Gasteiger partial charge in [0.05, 0.1) is 12.2 Å². The van der Waals surface area contributed by atoms with Crippen LogP contribution in [0.5, 0.6) is 0 Å². The van der Waals surface area contributed by atoms with E-state index < -0.39 is 11.7 Å². The van der Waals surface area contributed by atoms with Crippen LogP contribution in [0.4, 0.5) is 13.2 Å². The Kier molecular flexibility index (Phi) is 6.53. The molecule has 0 aromatic heterocycles. The van der Waals surface area contributed by atoms with Crippen LogP contribution < -0.4 is 5.32 Å². The average Bonchev–Trinajstić information content (AvgIpc) is 3.30. The minimum absolute atomic E-state index is 0.0158. The number of nitrogens with one attached hydrogen (secondary N) is 1. The molecule has 2 unspecified atom stereocenters. The average molecular weight is 397 g/mol. The van der Waals surface area contributed by atoms with Gasteiger partial charge < -0.3 is 15.0 Å². The zero-order valence-corrected chi connectivity index (χ0v) is 16.7. The van der Waals surface area contributed by atoms with Crippen molar-refractivity contribution in [2.45, 2.75) is 45.2 Å². The van der Waals surface area contributed by atoms with Crippen molar-refractivity contribution < 1.29 is 17.9 Å². The quantitative estimate of drug-likeness (QED) is 0.595. The molecule has 2 aliphatic heterocycles. The van der Waals surface area contributed by atoms with Crippen LogP contribution in [-0.2, 0) is 10.9 Å². The first kappa shape index (κ1) is 21.0. The summed E-state index contributed by atoms with van der Waals surface area (Å²) in [4.78, 5) is 7.05. The molecule has 3 rings (SSSR count). The first-order valence-corrected chi connectivity index (χ1v) is 10.1. The van der Waals surface area contributed by atoms with Crippen molar-refractivity contribution in [3.05, 3.63) is 35.4 Å². The Hall–Kier alpha value is -1.76. The molecular weight excluding hydrogens is 367 g/mol. The first-order chi connectivity index (χ1) is 13.3. The molecule has 0 saturated carbocycles. The van der Waals surface area contributed by atoms with Crippen molar-refractivity contribution >= 4 is 5.96 Å². The fourth-order valence-corrected chi connectivity index (χ4v) is 4.07. The Morgan fingerprint density at radius 2 is 2.18 bits per heavy atom. The number of ether oxygens (including phenoxy) is 1. The summed E-state index contributed by atoms with van der Waals surface area (Å²) in [6.07, 6.45) is -1.37. The lowest BCUT2D eigenvalue weighted by molar-refractivity contribution is -0.137. The lowest BCUT2D eigenvalue weighted by Crippen LogP contribution is -2.41. The molecule has 1 spiro atoms. The molecule has 0 amide bonds. The molecule has 7 heteroatoms. The number of guanidine groups is 1. The van der Waals surface area contributed by atoms with Crippen LogP contribution in [-0.4, -0.2) is 50.3 Å². The van der Waals surface area contributed by atoms with E-state index in [1.807, 2.05) is 13.8 Å². The number of halogens is 3. The monoisotopic (exact) mass is 397 g/mol. The van der Waals surface area contributed by atoms with Crippen LogP contribution in [0, 0.1) is 5.41 Å². The Bertz CT molecular complexity index is 684. The van der Waals surface area contributed by atoms with E-state index in [9.17, 15) is 13.2 Å². The van der Waals surface area contributed by atoms with E-state index in [0.29, 0.717) is 18.5 Å². The predicted octanol–water partition coefficient (Wildman–Crippen LogP) is 4.28. The maximum Gasteiger partial charge on any atom is 0.416 e. The van der Waals surface area contributed by atoms with Crippen molar-refractivity contribution in [3.8, 4) is 0 Å². The predicted molar refractivity (Wildman–Crippen MR) is 105 cm³/mol. The first-order valence-electron chi connectivity index (χ1n) is 10.1. The van der Waals surface area contributed by atoms with Gasteiger partial charge in [-0.3, -0.25) is 4.99 Å². The van der Waals surface area contributed by atoms with Crippen molar-refractivity contribution in [1.29, 1.82) is 0 Å². The third-order valence-electron chi connectivity index (χ3n) is 5.86. The highest BCUT2D eigenvalue weighted by atomic mass is 19.4. The Morgan fingerprint density at radius 1 is 1.36 bits per heavy atom. The summed E-state index contributed by atoms with van der Waals surface area (Å²) in [7, 11) is 0. The Balaban J connectivity index is 1.59. The van der Waals surface area contributed by atoms with E-state index in [4.69, 9.17) is 9.73 Å². The molecule has 1 aromatic rings. The molecule has 156 valence electrons. The third-order valence-corrected chi connectivity index (χ3v) is 5.86. The number of hydrogen-bond donors (Lipinski definition) is 1. The summed E-state index contributed by atoms with van der Waals surface area (Å²) in [6, 6.07) is 5.62. The van der Waals surface area contributed by atoms with Gasteiger partial charge in [0.1, 0.15) is 0 Å². The summed E-state index contributed by atoms with van der Waals surface area (Å²) in [5.74, 6) is 0.921. The van der Waals surface area contributed by atoms with Gasteiger partial charge >= 0.3 is 6.18 Å². The lowest BCUT2D eigenvalue weighted by atomic mass is 9.87. The molecule has 2 atom stereocenters. The van der Waals surface area contributed by atoms with Crippen molar-refractivity contribution in [2.75, 3.05) is 39.4 Å². The fourth-order valence-electron chi connectivity index (χ4n) is 4.07. The van der Waals surface area contributed by atoms with Crippen molar-refractivity contribution in [2.24, 2.45) is 10.4 Å². The third kappa shape index (κ3) is 4.99. The zero-order chi connectivity index (χ0) is 20.2. The SMILES string of the molecule is CCNC(=NCCC(C)c1cccc(C(F)(F)F)c1)N1CCC2(CCOC2)C1. The highest BCUT2D eigenvalue weighted by Gasteiger charge is 2.42. The van der Waals surface area contributed by atoms with Crippen LogP contribution in [0.15, 0.2) is 29.3 Å². The van der Waals surface area contributed by atoms with Crippen LogP contribution in [0.3, 0.4) is 0 Å². The van der Waals surface area contributed by atoms with Gasteiger partial charge in [-0.25, -0.2) is 0 Å². The van der Waals surface area contributed by atoms with E-state index >= 15 is 0 Å². The molecule has 1 N–H and O–H groups in total. The minimum atomic E-state index is -4.30. The Morgan fingerprint density at radius 3 is 2.86 bits per heavy atom. The summed E-state index contributed by atoms with van der Waals surface area (Å²) >= 11 is 0. The number of benzene rings is 1. The standard InChI is InChI=1S/C21H30F3N3O/c1-3-25-19(27-11-8-20(14-27)9-12-28-15-20)26-10-7-16(2)17-5-4-6-18(13-17)21(22,23)24/h4-6,13,16H,3,7-12,14-15H2,1-2H3,(H,25,26). The number of rotatable bonds is 5. The molecule has 4 nitrogen and oxygen atoms in total. The zero-order valence-electron chi connectivity index (χ0n) is 16.7. The van der Waals surface area contributed by atoms with Gasteiger partial charge in [-0.05, 0) is 43.7 Å². The summed E-state index contributed by atoms with van der Waals surface area (Å²) in [6.45, 7) is 8.98. The van der Waals surface area contributed by atoms with Gasteiger partial charge in [0.15, 0.2) is 5.96 Å². The van der Waals surface area contributed by atoms with Crippen LogP contribution in [0.25, 0.3) is 0 Å². The second-order valence-electron chi connectivity index (χ2n) is 8.02. The normalized spacial score (nSPS) is 24.2. The van der Waals surface area contributed by atoms with Crippen molar-refractivity contribution in [1.82, 2.24) is 10.2 Å². The molecule has 2 aliphatic rings. The highest BCUT2D eigenvalue weighted by molar-refractivity contribution is 5.80. The van der Waals surface area contributed by atoms with E-state index in [2.05, 4.69) is 10.2 Å². The van der Waals surface area contributed by atoms with Gasteiger partial charge in [-0.15, -0.1) is 0 Å². The molecule has 0 aliphatic carbocycles. The van der Waals surface area contributed by atoms with E-state index in [-0.39, 0.29) is 11.3 Å². The second-order valence-corrected chi connectivity index (χ2v) is 8.02. The Labute approximate surface area is 165 Å². The molecule has 2 heterocycles. The van der Waals surface area contributed by atoms with E-state index in [0.717, 1.165) is 57.7 Å². The van der Waals surface area contributed by atoms with Gasteiger partial charge in [-0.2, -0.15) is 13.2 Å². The minimum Gasteiger partial charge on any atom is -0.381 e. The number of nitrogens with zero attached hydrogens (tertiary/aromatic N) is 2. The van der Waals surface area contributed by atoms with E-state index in [1.54, 1.807) is 6.07 Å². The van der Waals surface area contributed by atoms with Gasteiger partial charge in [0, 0.05) is 38.2 Å². The summed E-state index contributed by atoms with van der Waals surface area (Å²) in [5, 5.41) is 3.36. The van der Waals surface area contributed by atoms with Gasteiger partial charge in [0.25, 0.3) is 0 Å². The maximum absolute atomic E-state index is 12.9. The number of likely N-dealkylation sites (tertiary alicyclic amines) is 1. The second kappa shape index (κ2) is 8.72. The molecule has 0 bridgehead atoms. The number of alkyl halides is 3. The molecular formula is C21H30F3N3O. The largest absolute Gasteiger partial charge is 0.416 e. The smallest absolute Gasteiger partial charge is 0.381 e. The van der Waals surface area contributed by atoms with Crippen LogP contribution in [0.2, 0.25) is 0 Å². The van der Waals surface area contributed by atoms with E-state index in [1.165, 1.54) is 12.1 Å². The topological polar surface area (TPSA) is 36.9 Å². The van der Waals surface area contributed by atoms with Gasteiger partial charge in [0.2, 0.25) is 0 Å². The number of hydrogen-bond acceptors (Lipinski definition) is 2. The molecule has 2 fully saturated rings. The van der Waals surface area contributed by atoms with Crippen molar-refractivity contribution in [3.63, 3.8) is 0 Å². The maximum atomic E-state index is 12.9. The fraction of sp³-hybridized carbons (Fsp3) is 0.667. The molecule has 1 aromatic carbocycles. The summed E-state index contributed by atoms with van der Waals surface area (Å²) in [5.41, 5.74) is 0.384. The van der Waals surface area contributed by atoms with Crippen LogP contribution >= 0.6 is 0 Å². The lowest BCUT2D eigenvalue weighted by Gasteiger charge is -2.25. The molecule has 0 radical (unpaired) electrons. The molecule has 28 heavy (non-hydrogen) atoms. The van der Waals surface area contributed by atoms with Crippen LogP contribution in [0.1, 0.15) is 50.2 Å². The molecule has 2 saturated heterocycles. The van der Waals surface area contributed by atoms with Gasteiger partial charge in [-0.1, -0.05) is 25.1 Å². The number of aliphatic imine (C=N–C) groups is 1.